The van der Waals surface area contributed by atoms with Crippen molar-refractivity contribution in [3.8, 4) is 0 Å². The first-order valence-corrected chi connectivity index (χ1v) is 7.70. The van der Waals surface area contributed by atoms with E-state index >= 15 is 0 Å². The molecule has 0 unspecified atom stereocenters. The van der Waals surface area contributed by atoms with Gasteiger partial charge in [0.05, 0.1) is 5.69 Å². The Morgan fingerprint density at radius 1 is 1.19 bits per heavy atom. The monoisotopic (exact) mass is 302 g/mol. The standard InChI is InChI=1S/C14H14N4O2S/c1-18(11-4-6-16-7-5-11)21(19,20)14-9-17-13-3-2-10(15)8-12(13)14/h2-9,17H,15H2,1H3. The molecule has 0 spiro atoms. The maximum absolute atomic E-state index is 12.8. The van der Waals surface area contributed by atoms with Gasteiger partial charge in [-0.15, -0.1) is 0 Å². The SMILES string of the molecule is CN(c1ccncc1)S(=O)(=O)c1c[nH]c2ccc(N)cc12. The van der Waals surface area contributed by atoms with Crippen LogP contribution in [0.3, 0.4) is 0 Å². The number of pyridine rings is 1. The summed E-state index contributed by atoms with van der Waals surface area (Å²) in [5.74, 6) is 0. The fourth-order valence-corrected chi connectivity index (χ4v) is 3.52. The molecule has 0 aliphatic rings. The molecule has 0 aliphatic heterocycles. The number of nitrogens with zero attached hydrogens (tertiary/aromatic N) is 2. The molecule has 0 saturated carbocycles. The summed E-state index contributed by atoms with van der Waals surface area (Å²) in [5.41, 5.74) is 7.54. The zero-order chi connectivity index (χ0) is 15.0. The lowest BCUT2D eigenvalue weighted by atomic mass is 10.2. The van der Waals surface area contributed by atoms with Gasteiger partial charge in [-0.2, -0.15) is 0 Å². The number of benzene rings is 1. The fourth-order valence-electron chi connectivity index (χ4n) is 2.17. The van der Waals surface area contributed by atoms with Crippen molar-refractivity contribution < 1.29 is 8.42 Å². The van der Waals surface area contributed by atoms with Crippen molar-refractivity contribution in [1.82, 2.24) is 9.97 Å². The second kappa shape index (κ2) is 4.78. The number of rotatable bonds is 3. The predicted molar refractivity (Wildman–Crippen MR) is 82.5 cm³/mol. The molecule has 0 saturated heterocycles. The molecular weight excluding hydrogens is 288 g/mol. The van der Waals surface area contributed by atoms with Gasteiger partial charge in [-0.3, -0.25) is 9.29 Å². The van der Waals surface area contributed by atoms with Crippen molar-refractivity contribution in [3.05, 3.63) is 48.9 Å². The molecular formula is C14H14N4O2S. The van der Waals surface area contributed by atoms with Crippen LogP contribution in [0.4, 0.5) is 11.4 Å². The molecule has 0 amide bonds. The molecule has 3 N–H and O–H groups in total. The summed E-state index contributed by atoms with van der Waals surface area (Å²) in [5, 5.41) is 0.580. The Labute approximate surface area is 122 Å². The number of aromatic amines is 1. The second-order valence-electron chi connectivity index (χ2n) is 4.64. The third kappa shape index (κ3) is 2.21. The Kier molecular flexibility index (Phi) is 3.06. The molecule has 0 aliphatic carbocycles. The minimum Gasteiger partial charge on any atom is -0.399 e. The maximum Gasteiger partial charge on any atom is 0.266 e. The first-order valence-electron chi connectivity index (χ1n) is 6.26. The molecule has 0 bridgehead atoms. The van der Waals surface area contributed by atoms with Crippen LogP contribution in [0.15, 0.2) is 53.8 Å². The summed E-state index contributed by atoms with van der Waals surface area (Å²) in [6.07, 6.45) is 4.58. The maximum atomic E-state index is 12.8. The normalized spacial score (nSPS) is 11.7. The van der Waals surface area contributed by atoms with Crippen LogP contribution in [0.5, 0.6) is 0 Å². The molecule has 21 heavy (non-hydrogen) atoms. The van der Waals surface area contributed by atoms with E-state index in [0.29, 0.717) is 16.8 Å². The average Bonchev–Trinajstić information content (AvgIpc) is 2.91. The summed E-state index contributed by atoms with van der Waals surface area (Å²) < 4.78 is 26.8. The molecule has 6 nitrogen and oxygen atoms in total. The number of fused-ring (bicyclic) bond motifs is 1. The second-order valence-corrected chi connectivity index (χ2v) is 6.57. The third-order valence-electron chi connectivity index (χ3n) is 3.33. The Hall–Kier alpha value is -2.54. The van der Waals surface area contributed by atoms with Gasteiger partial charge in [0.1, 0.15) is 4.90 Å². The van der Waals surface area contributed by atoms with Gasteiger partial charge in [-0.25, -0.2) is 8.42 Å². The lowest BCUT2D eigenvalue weighted by molar-refractivity contribution is 0.595. The van der Waals surface area contributed by atoms with E-state index in [0.717, 1.165) is 5.52 Å². The van der Waals surface area contributed by atoms with E-state index < -0.39 is 10.0 Å². The van der Waals surface area contributed by atoms with E-state index in [2.05, 4.69) is 9.97 Å². The number of anilines is 2. The van der Waals surface area contributed by atoms with Crippen molar-refractivity contribution in [2.45, 2.75) is 4.90 Å². The minimum atomic E-state index is -3.67. The highest BCUT2D eigenvalue weighted by Crippen LogP contribution is 2.28. The van der Waals surface area contributed by atoms with Gasteiger partial charge in [0.15, 0.2) is 0 Å². The van der Waals surface area contributed by atoms with Crippen LogP contribution in [0, 0.1) is 0 Å². The lowest BCUT2D eigenvalue weighted by Gasteiger charge is -2.18. The first kappa shape index (κ1) is 13.4. The van der Waals surface area contributed by atoms with Crippen LogP contribution in [0.2, 0.25) is 0 Å². The van der Waals surface area contributed by atoms with Gasteiger partial charge in [0.25, 0.3) is 10.0 Å². The molecule has 0 radical (unpaired) electrons. The summed E-state index contributed by atoms with van der Waals surface area (Å²) in [4.78, 5) is 7.04. The molecule has 0 atom stereocenters. The van der Waals surface area contributed by atoms with Gasteiger partial charge in [-0.05, 0) is 30.3 Å². The number of sulfonamides is 1. The van der Waals surface area contributed by atoms with E-state index in [1.807, 2.05) is 0 Å². The number of aromatic nitrogens is 2. The van der Waals surface area contributed by atoms with Crippen LogP contribution in [-0.2, 0) is 10.0 Å². The minimum absolute atomic E-state index is 0.198. The quantitative estimate of drug-likeness (QED) is 0.723. The summed E-state index contributed by atoms with van der Waals surface area (Å²) in [6, 6.07) is 8.42. The van der Waals surface area contributed by atoms with Gasteiger partial charge < -0.3 is 10.7 Å². The smallest absolute Gasteiger partial charge is 0.266 e. The molecule has 7 heteroatoms. The van der Waals surface area contributed by atoms with E-state index in [1.165, 1.54) is 17.5 Å². The third-order valence-corrected chi connectivity index (χ3v) is 5.16. The largest absolute Gasteiger partial charge is 0.399 e. The van der Waals surface area contributed by atoms with Crippen LogP contribution in [0.1, 0.15) is 0 Å². The van der Waals surface area contributed by atoms with Crippen molar-refractivity contribution >= 4 is 32.3 Å². The zero-order valence-corrected chi connectivity index (χ0v) is 12.1. The van der Waals surface area contributed by atoms with Crippen molar-refractivity contribution in [2.24, 2.45) is 0 Å². The molecule has 2 heterocycles. The Bertz CT molecular complexity index is 888. The van der Waals surface area contributed by atoms with E-state index in [-0.39, 0.29) is 4.90 Å². The Morgan fingerprint density at radius 2 is 1.90 bits per heavy atom. The number of hydrogen-bond acceptors (Lipinski definition) is 4. The van der Waals surface area contributed by atoms with Crippen LogP contribution < -0.4 is 10.0 Å². The van der Waals surface area contributed by atoms with Gasteiger partial charge in [-0.1, -0.05) is 0 Å². The van der Waals surface area contributed by atoms with Gasteiger partial charge in [0.2, 0.25) is 0 Å². The van der Waals surface area contributed by atoms with Crippen molar-refractivity contribution in [1.29, 1.82) is 0 Å². The number of H-pyrrole nitrogens is 1. The lowest BCUT2D eigenvalue weighted by Crippen LogP contribution is -2.26. The van der Waals surface area contributed by atoms with Crippen LogP contribution in [0.25, 0.3) is 10.9 Å². The number of nitrogens with one attached hydrogen (secondary N) is 1. The molecule has 3 rings (SSSR count). The van der Waals surface area contributed by atoms with Crippen LogP contribution >= 0.6 is 0 Å². The number of nitrogen functional groups attached to an aromatic ring is 1. The molecule has 3 aromatic rings. The van der Waals surface area contributed by atoms with Crippen molar-refractivity contribution in [2.75, 3.05) is 17.1 Å². The summed E-state index contributed by atoms with van der Waals surface area (Å²) >= 11 is 0. The molecule has 108 valence electrons. The predicted octanol–water partition coefficient (Wildman–Crippen LogP) is 1.97. The van der Waals surface area contributed by atoms with E-state index in [1.54, 1.807) is 42.7 Å². The molecule has 2 aromatic heterocycles. The van der Waals surface area contributed by atoms with Gasteiger partial charge in [0, 0.05) is 42.2 Å². The van der Waals surface area contributed by atoms with Gasteiger partial charge >= 0.3 is 0 Å². The fraction of sp³-hybridized carbons (Fsp3) is 0.0714. The Morgan fingerprint density at radius 3 is 2.62 bits per heavy atom. The Balaban J connectivity index is 2.15. The average molecular weight is 302 g/mol. The topological polar surface area (TPSA) is 92.1 Å². The summed E-state index contributed by atoms with van der Waals surface area (Å²) in [6.45, 7) is 0. The zero-order valence-electron chi connectivity index (χ0n) is 11.3. The van der Waals surface area contributed by atoms with Crippen LogP contribution in [-0.4, -0.2) is 25.4 Å². The highest BCUT2D eigenvalue weighted by molar-refractivity contribution is 7.93. The van der Waals surface area contributed by atoms with E-state index in [9.17, 15) is 8.42 Å². The molecule has 1 aromatic carbocycles. The highest BCUT2D eigenvalue weighted by Gasteiger charge is 2.24. The number of nitrogens with two attached hydrogens (primary N) is 1. The molecule has 0 fully saturated rings. The van der Waals surface area contributed by atoms with E-state index in [4.69, 9.17) is 5.73 Å². The summed E-state index contributed by atoms with van der Waals surface area (Å²) in [7, 11) is -2.16. The van der Waals surface area contributed by atoms with Crippen molar-refractivity contribution in [3.63, 3.8) is 0 Å². The first-order chi connectivity index (χ1) is 10.00. The highest BCUT2D eigenvalue weighted by atomic mass is 32.2. The number of hydrogen-bond donors (Lipinski definition) is 2.